The molecule has 5 heterocycles. The van der Waals surface area contributed by atoms with Crippen LogP contribution in [0.2, 0.25) is 0 Å². The Morgan fingerprint density at radius 3 is 1.24 bits per heavy atom. The van der Waals surface area contributed by atoms with Crippen molar-refractivity contribution in [3.8, 4) is 12.1 Å². The molecular formula is C56H76B3BrN10O8. The van der Waals surface area contributed by atoms with Crippen LogP contribution in [0, 0.1) is 36.5 Å². The van der Waals surface area contributed by atoms with Crippen molar-refractivity contribution < 1.29 is 37.5 Å². The Hall–Kier alpha value is -5.45. The molecule has 2 aliphatic carbocycles. The summed E-state index contributed by atoms with van der Waals surface area (Å²) in [6.07, 6.45) is 12.5. The third-order valence-electron chi connectivity index (χ3n) is 16.8. The average molecular weight is 1130 g/mol. The Bertz CT molecular complexity index is 2830. The van der Waals surface area contributed by atoms with E-state index in [4.69, 9.17) is 33.2 Å². The molecule has 0 bridgehead atoms. The summed E-state index contributed by atoms with van der Waals surface area (Å²) in [4.78, 5) is 42.4. The minimum Gasteiger partial charge on any atom is -0.405 e. The van der Waals surface area contributed by atoms with Crippen molar-refractivity contribution in [2.24, 2.45) is 0 Å². The third-order valence-corrected chi connectivity index (χ3v) is 17.7. The highest BCUT2D eigenvalue weighted by Crippen LogP contribution is 2.44. The highest BCUT2D eigenvalue weighted by Gasteiger charge is 2.64. The number of hydrogen-bond donors (Lipinski definition) is 4. The molecule has 18 nitrogen and oxygen atoms in total. The molecule has 0 radical (unpaired) electrons. The molecule has 3 aliphatic heterocycles. The van der Waals surface area contributed by atoms with Crippen LogP contribution in [-0.2, 0) is 39.0 Å². The van der Waals surface area contributed by atoms with Crippen molar-refractivity contribution in [3.63, 3.8) is 0 Å². The molecule has 5 fully saturated rings. The predicted molar refractivity (Wildman–Crippen MR) is 305 cm³/mol. The van der Waals surface area contributed by atoms with Crippen molar-refractivity contribution in [1.29, 1.82) is 10.5 Å². The number of carbonyl (C=O) groups is 2. The number of nitrogens with zero attached hydrogens (tertiary/aromatic N) is 6. The number of urea groups is 2. The molecule has 4 aromatic rings. The molecular weight excluding hydrogens is 1050 g/mol. The first-order chi connectivity index (χ1) is 36.5. The molecule has 9 rings (SSSR count). The van der Waals surface area contributed by atoms with Gasteiger partial charge in [-0.1, -0.05) is 60.5 Å². The lowest BCUT2D eigenvalue weighted by molar-refractivity contribution is 0.00578. The third kappa shape index (κ3) is 13.4. The van der Waals surface area contributed by atoms with E-state index in [1.54, 1.807) is 24.5 Å². The van der Waals surface area contributed by atoms with Gasteiger partial charge < -0.3 is 49.2 Å². The normalized spacial score (nSPS) is 21.5. The van der Waals surface area contributed by atoms with Crippen molar-refractivity contribution in [3.05, 3.63) is 99.6 Å². The molecule has 78 heavy (non-hydrogen) atoms. The van der Waals surface area contributed by atoms with Gasteiger partial charge in [-0.3, -0.25) is 0 Å². The molecule has 2 saturated carbocycles. The van der Waals surface area contributed by atoms with E-state index in [1.807, 2.05) is 145 Å². The standard InChI is InChI=1S/C25H32BN5O3.C19H20BrN5O.C12H24B2O4/c1-17-15-18(9-10-19(17)26-33-23(2,3)24(4,5)34-26)29-22(32)31-25(12-7-6-8-13-25)20-11-14-28-21(16-27)30-20;1-13-11-14(5-6-15(13)20)23-18(26)25-19(8-3-2-4-9-19)16-7-10-22-17(12-21)24-16;1-9(2)10(3,4)16-13(15-9)14-17-11(5,6)12(7,8)18-14/h9-11,14-15H,6-8,12-13H2,1-5H3,(H2,29,31,32);5-7,10-11H,2-4,8-9H2,1H3,(H2,23,25,26);1-8H3. The minimum atomic E-state index is -0.617. The van der Waals surface area contributed by atoms with Crippen LogP contribution in [0.4, 0.5) is 21.0 Å². The van der Waals surface area contributed by atoms with Crippen LogP contribution in [0.3, 0.4) is 0 Å². The highest BCUT2D eigenvalue weighted by atomic mass is 79.9. The monoisotopic (exact) mass is 1130 g/mol. The largest absolute Gasteiger partial charge is 0.495 e. The molecule has 414 valence electrons. The van der Waals surface area contributed by atoms with Gasteiger partial charge in [0.05, 0.1) is 56.1 Å². The Morgan fingerprint density at radius 1 is 0.526 bits per heavy atom. The second-order valence-electron chi connectivity index (χ2n) is 24.1. The van der Waals surface area contributed by atoms with Crippen molar-refractivity contribution in [1.82, 2.24) is 30.6 Å². The van der Waals surface area contributed by atoms with Crippen LogP contribution >= 0.6 is 15.9 Å². The zero-order valence-corrected chi connectivity index (χ0v) is 49.5. The van der Waals surface area contributed by atoms with Gasteiger partial charge in [0.2, 0.25) is 11.6 Å². The van der Waals surface area contributed by atoms with E-state index >= 15 is 0 Å². The summed E-state index contributed by atoms with van der Waals surface area (Å²) >= 11 is 3.46. The Labute approximate surface area is 470 Å². The summed E-state index contributed by atoms with van der Waals surface area (Å²) in [5, 5.41) is 30.4. The molecule has 2 aromatic carbocycles. The summed E-state index contributed by atoms with van der Waals surface area (Å²) in [5.41, 5.74) is 2.30. The molecule has 5 aliphatic rings. The van der Waals surface area contributed by atoms with Crippen LogP contribution in [0.15, 0.2) is 65.4 Å². The second-order valence-corrected chi connectivity index (χ2v) is 24.9. The van der Waals surface area contributed by atoms with E-state index < -0.39 is 43.4 Å². The van der Waals surface area contributed by atoms with Crippen LogP contribution in [0.5, 0.6) is 0 Å². The maximum atomic E-state index is 13.1. The first kappa shape index (κ1) is 60.2. The fraction of sp³-hybridized carbons (Fsp3) is 0.571. The summed E-state index contributed by atoms with van der Waals surface area (Å²) in [6.45, 7) is 28.3. The molecule has 0 atom stereocenters. The number of carbonyl (C=O) groups excluding carboxylic acids is 2. The van der Waals surface area contributed by atoms with Crippen LogP contribution in [0.1, 0.15) is 181 Å². The van der Waals surface area contributed by atoms with Crippen LogP contribution in [-0.4, -0.2) is 86.7 Å². The smallest absolute Gasteiger partial charge is 0.405 e. The van der Waals surface area contributed by atoms with Gasteiger partial charge in [0.15, 0.2) is 0 Å². The van der Waals surface area contributed by atoms with E-state index in [0.29, 0.717) is 17.1 Å². The van der Waals surface area contributed by atoms with Gasteiger partial charge in [-0.15, -0.1) is 0 Å². The number of nitrogens with one attached hydrogen (secondary N) is 4. The molecule has 4 amide bonds. The number of nitriles is 2. The van der Waals surface area contributed by atoms with Crippen molar-refractivity contribution in [2.45, 2.75) is 206 Å². The molecule has 22 heteroatoms. The summed E-state index contributed by atoms with van der Waals surface area (Å²) in [6, 6.07) is 18.4. The number of anilines is 2. The van der Waals surface area contributed by atoms with Crippen LogP contribution < -0.4 is 26.7 Å². The van der Waals surface area contributed by atoms with Crippen LogP contribution in [0.25, 0.3) is 0 Å². The molecule has 0 unspecified atom stereocenters. The van der Waals surface area contributed by atoms with Gasteiger partial charge >= 0.3 is 33.2 Å². The van der Waals surface area contributed by atoms with Gasteiger partial charge in [0.25, 0.3) is 0 Å². The highest BCUT2D eigenvalue weighted by molar-refractivity contribution is 9.10. The Balaban J connectivity index is 0.000000178. The van der Waals surface area contributed by atoms with Gasteiger partial charge in [-0.25, -0.2) is 29.5 Å². The fourth-order valence-electron chi connectivity index (χ4n) is 10.0. The maximum absolute atomic E-state index is 13.1. The number of aromatic nitrogens is 4. The van der Waals surface area contributed by atoms with E-state index in [-0.39, 0.29) is 46.1 Å². The number of aryl methyl sites for hydroxylation is 2. The van der Waals surface area contributed by atoms with Gasteiger partial charge in [-0.05, 0) is 182 Å². The van der Waals surface area contributed by atoms with E-state index in [0.717, 1.165) is 91.0 Å². The lowest BCUT2D eigenvalue weighted by atomic mass is 9.49. The predicted octanol–water partition coefficient (Wildman–Crippen LogP) is 10.6. The number of hydrogen-bond acceptors (Lipinski definition) is 14. The summed E-state index contributed by atoms with van der Waals surface area (Å²) in [7, 11) is -1.41. The average Bonchev–Trinajstić information content (AvgIpc) is 3.86. The zero-order chi connectivity index (χ0) is 57.1. The molecule has 3 saturated heterocycles. The quantitative estimate of drug-likeness (QED) is 0.120. The van der Waals surface area contributed by atoms with Gasteiger partial charge in [-0.2, -0.15) is 10.5 Å². The second kappa shape index (κ2) is 23.3. The number of rotatable bonds is 8. The number of benzene rings is 2. The topological polar surface area (TPSA) is 237 Å². The minimum absolute atomic E-state index is 0.110. The number of halogens is 1. The summed E-state index contributed by atoms with van der Waals surface area (Å²) in [5.74, 6) is 0.233. The Morgan fingerprint density at radius 2 is 0.885 bits per heavy atom. The first-order valence-corrected chi connectivity index (χ1v) is 27.8. The lowest BCUT2D eigenvalue weighted by Gasteiger charge is -2.37. The number of amides is 4. The summed E-state index contributed by atoms with van der Waals surface area (Å²) < 4.78 is 37.2. The van der Waals surface area contributed by atoms with E-state index in [9.17, 15) is 14.9 Å². The molecule has 2 aromatic heterocycles. The van der Waals surface area contributed by atoms with E-state index in [1.165, 1.54) is 0 Å². The molecule has 4 N–H and O–H groups in total. The lowest BCUT2D eigenvalue weighted by Crippen LogP contribution is -2.49. The maximum Gasteiger partial charge on any atom is 0.495 e. The van der Waals surface area contributed by atoms with Gasteiger partial charge in [0, 0.05) is 28.2 Å². The molecule has 0 spiro atoms. The fourth-order valence-corrected chi connectivity index (χ4v) is 10.3. The van der Waals surface area contributed by atoms with E-state index in [2.05, 4.69) is 57.1 Å². The van der Waals surface area contributed by atoms with Crippen molar-refractivity contribution in [2.75, 3.05) is 10.6 Å². The SMILES string of the molecule is CC1(C)OB(B2OC(C)(C)C(C)(C)O2)OC1(C)C.Cc1cc(NC(=O)NC2(c3ccnc(C#N)n3)CCCCC2)ccc1B1OC(C)(C)C(C)(C)O1.Cc1cc(NC(=O)NC2(c3ccnc(C#N)n3)CCCCC2)ccc1Br. The van der Waals surface area contributed by atoms with Crippen molar-refractivity contribution >= 4 is 66.0 Å². The first-order valence-electron chi connectivity index (χ1n) is 27.0. The Kier molecular flexibility index (Phi) is 18.0. The van der Waals surface area contributed by atoms with Gasteiger partial charge in [0.1, 0.15) is 12.1 Å². The zero-order valence-electron chi connectivity index (χ0n) is 47.9.